The van der Waals surface area contributed by atoms with Crippen molar-refractivity contribution < 1.29 is 31.1 Å². The lowest BCUT2D eigenvalue weighted by Gasteiger charge is -2.34. The van der Waals surface area contributed by atoms with Crippen LogP contribution in [0.4, 0.5) is 26.3 Å². The second-order valence-electron chi connectivity index (χ2n) is 12.6. The van der Waals surface area contributed by atoms with E-state index < -0.39 is 40.8 Å². The van der Waals surface area contributed by atoms with Gasteiger partial charge in [-0.15, -0.1) is 0 Å². The summed E-state index contributed by atoms with van der Waals surface area (Å²) in [5.74, 6) is -4.37. The van der Waals surface area contributed by atoms with E-state index in [1.807, 2.05) is 12.1 Å². The number of hydrogen-bond acceptors (Lipinski definition) is 1. The average molecular weight is 637 g/mol. The van der Waals surface area contributed by atoms with Gasteiger partial charge in [0, 0.05) is 12.1 Å². The molecule has 0 radical (unpaired) electrons. The molecule has 5 rings (SSSR count). The Morgan fingerprint density at radius 2 is 1.39 bits per heavy atom. The maximum Gasteiger partial charge on any atom is 0.400 e. The predicted molar refractivity (Wildman–Crippen MR) is 162 cm³/mol. The molecule has 0 spiro atoms. The molecule has 1 nitrogen and oxygen atoms in total. The van der Waals surface area contributed by atoms with Crippen LogP contribution in [0.1, 0.15) is 107 Å². The molecule has 44 heavy (non-hydrogen) atoms. The highest BCUT2D eigenvalue weighted by Gasteiger charge is 2.44. The van der Waals surface area contributed by atoms with Crippen LogP contribution in [0.15, 0.2) is 48.5 Å². The molecule has 0 aliphatic heterocycles. The smallest absolute Gasteiger partial charge is 0.400 e. The van der Waals surface area contributed by atoms with Gasteiger partial charge in [0.25, 0.3) is 0 Å². The first-order chi connectivity index (χ1) is 21.1. The van der Waals surface area contributed by atoms with Crippen LogP contribution >= 0.6 is 11.6 Å². The molecular weight excluding hydrogens is 598 g/mol. The molecule has 238 valence electrons. The van der Waals surface area contributed by atoms with Crippen molar-refractivity contribution in [3.05, 3.63) is 87.9 Å². The van der Waals surface area contributed by atoms with Gasteiger partial charge in [0.1, 0.15) is 29.0 Å². The average Bonchev–Trinajstić information content (AvgIpc) is 2.99. The van der Waals surface area contributed by atoms with E-state index in [9.17, 15) is 13.2 Å². The molecule has 0 aromatic heterocycles. The van der Waals surface area contributed by atoms with Gasteiger partial charge in [-0.25, -0.2) is 17.6 Å². The zero-order valence-electron chi connectivity index (χ0n) is 25.0. The minimum Gasteiger partial charge on any atom is -0.432 e. The molecule has 0 saturated heterocycles. The largest absolute Gasteiger partial charge is 0.432 e. The van der Waals surface area contributed by atoms with Crippen LogP contribution in [-0.2, 0) is 0 Å². The van der Waals surface area contributed by atoms with Crippen LogP contribution in [0.5, 0.6) is 5.75 Å². The molecule has 0 heterocycles. The van der Waals surface area contributed by atoms with Gasteiger partial charge in [0.2, 0.25) is 0 Å². The van der Waals surface area contributed by atoms with E-state index in [1.165, 1.54) is 44.6 Å². The van der Waals surface area contributed by atoms with E-state index in [2.05, 4.69) is 6.92 Å². The maximum absolute atomic E-state index is 15.3. The SMILES string of the molecule is CCCCCC1CCC(c2ccc(C3CCC(C(F)(F)Oc4cc(F)c(-c5ccc(Cl)c(F)c5)c(F)c4)CC3)c(F)c2)CC1. The predicted octanol–water partition coefficient (Wildman–Crippen LogP) is 12.4. The molecule has 0 unspecified atom stereocenters. The van der Waals surface area contributed by atoms with Crippen LogP contribution in [-0.4, -0.2) is 6.11 Å². The van der Waals surface area contributed by atoms with Gasteiger partial charge in [-0.05, 0) is 104 Å². The Morgan fingerprint density at radius 1 is 0.727 bits per heavy atom. The second-order valence-corrected chi connectivity index (χ2v) is 13.0. The van der Waals surface area contributed by atoms with E-state index >= 15 is 13.2 Å². The quantitative estimate of drug-likeness (QED) is 0.159. The molecule has 2 fully saturated rings. The van der Waals surface area contributed by atoms with Crippen LogP contribution < -0.4 is 4.74 Å². The van der Waals surface area contributed by atoms with Gasteiger partial charge < -0.3 is 4.74 Å². The van der Waals surface area contributed by atoms with Gasteiger partial charge in [-0.2, -0.15) is 8.78 Å². The number of benzene rings is 3. The summed E-state index contributed by atoms with van der Waals surface area (Å²) in [7, 11) is 0. The van der Waals surface area contributed by atoms with Crippen molar-refractivity contribution in [1.82, 2.24) is 0 Å². The van der Waals surface area contributed by atoms with Crippen molar-refractivity contribution in [2.45, 2.75) is 102 Å². The second kappa shape index (κ2) is 14.2. The first-order valence-corrected chi connectivity index (χ1v) is 16.2. The highest BCUT2D eigenvalue weighted by Crippen LogP contribution is 2.45. The van der Waals surface area contributed by atoms with Crippen LogP contribution in [0.25, 0.3) is 11.1 Å². The summed E-state index contributed by atoms with van der Waals surface area (Å²) < 4.78 is 93.8. The van der Waals surface area contributed by atoms with E-state index in [4.69, 9.17) is 16.3 Å². The topological polar surface area (TPSA) is 9.23 Å². The van der Waals surface area contributed by atoms with Crippen LogP contribution in [0.3, 0.4) is 0 Å². The minimum absolute atomic E-state index is 0.0774. The van der Waals surface area contributed by atoms with Crippen molar-refractivity contribution in [2.75, 3.05) is 0 Å². The first-order valence-electron chi connectivity index (χ1n) is 15.9. The zero-order chi connectivity index (χ0) is 31.4. The Hall–Kier alpha value is -2.67. The Labute approximate surface area is 261 Å². The fourth-order valence-electron chi connectivity index (χ4n) is 7.11. The summed E-state index contributed by atoms with van der Waals surface area (Å²) in [6.45, 7) is 2.22. The van der Waals surface area contributed by atoms with Gasteiger partial charge in [0.15, 0.2) is 0 Å². The monoisotopic (exact) mass is 636 g/mol. The van der Waals surface area contributed by atoms with E-state index in [0.29, 0.717) is 36.5 Å². The number of alkyl halides is 2. The van der Waals surface area contributed by atoms with Crippen molar-refractivity contribution in [1.29, 1.82) is 0 Å². The third-order valence-corrected chi connectivity index (χ3v) is 9.99. The highest BCUT2D eigenvalue weighted by atomic mass is 35.5. The fraction of sp³-hybridized carbons (Fsp3) is 0.500. The highest BCUT2D eigenvalue weighted by molar-refractivity contribution is 6.30. The summed E-state index contributed by atoms with van der Waals surface area (Å²) in [5.41, 5.74) is 0.894. The maximum atomic E-state index is 15.3. The molecular formula is C36H39ClF6O. The third-order valence-electron chi connectivity index (χ3n) is 9.68. The lowest BCUT2D eigenvalue weighted by atomic mass is 9.75. The Morgan fingerprint density at radius 3 is 2.00 bits per heavy atom. The van der Waals surface area contributed by atoms with Crippen molar-refractivity contribution in [2.24, 2.45) is 11.8 Å². The van der Waals surface area contributed by atoms with Gasteiger partial charge >= 0.3 is 6.11 Å². The number of hydrogen-bond donors (Lipinski definition) is 0. The Kier molecular flexibility index (Phi) is 10.5. The van der Waals surface area contributed by atoms with Gasteiger partial charge in [0.05, 0.1) is 16.5 Å². The summed E-state index contributed by atoms with van der Waals surface area (Å²) in [5, 5.41) is -0.214. The normalized spacial score (nSPS) is 22.6. The van der Waals surface area contributed by atoms with Crippen molar-refractivity contribution in [3.8, 4) is 16.9 Å². The standard InChI is InChI=1S/C36H39ClF6O/c1-2-3-4-5-22-6-8-23(9-7-22)25-12-16-29(31(38)18-25)24-10-14-27(15-11-24)36(42,43)44-28-20-33(40)35(34(41)21-28)26-13-17-30(37)32(39)19-26/h12-13,16-24,27H,2-11,14-15H2,1H3. The number of rotatable bonds is 10. The number of ether oxygens (including phenoxy) is 1. The van der Waals surface area contributed by atoms with E-state index in [-0.39, 0.29) is 35.2 Å². The van der Waals surface area contributed by atoms with Crippen LogP contribution in [0.2, 0.25) is 5.02 Å². The molecule has 2 saturated carbocycles. The van der Waals surface area contributed by atoms with Crippen molar-refractivity contribution in [3.63, 3.8) is 0 Å². The summed E-state index contributed by atoms with van der Waals surface area (Å²) in [4.78, 5) is 0. The molecule has 0 bridgehead atoms. The summed E-state index contributed by atoms with van der Waals surface area (Å²) in [6.07, 6.45) is 6.78. The minimum atomic E-state index is -3.68. The van der Waals surface area contributed by atoms with E-state index in [0.717, 1.165) is 36.5 Å². The van der Waals surface area contributed by atoms with Gasteiger partial charge in [-0.3, -0.25) is 0 Å². The Balaban J connectivity index is 1.17. The summed E-state index contributed by atoms with van der Waals surface area (Å²) in [6, 6.07) is 10.1. The number of unbranched alkanes of at least 4 members (excludes halogenated alkanes) is 2. The molecule has 3 aromatic carbocycles. The molecule has 0 atom stereocenters. The lowest BCUT2D eigenvalue weighted by Crippen LogP contribution is -2.37. The van der Waals surface area contributed by atoms with Gasteiger partial charge in [-0.1, -0.05) is 62.4 Å². The third kappa shape index (κ3) is 7.58. The van der Waals surface area contributed by atoms with Crippen molar-refractivity contribution >= 4 is 11.6 Å². The zero-order valence-corrected chi connectivity index (χ0v) is 25.7. The number of halogens is 7. The van der Waals surface area contributed by atoms with E-state index in [1.54, 1.807) is 6.07 Å². The fourth-order valence-corrected chi connectivity index (χ4v) is 7.23. The molecule has 0 N–H and O–H groups in total. The lowest BCUT2D eigenvalue weighted by molar-refractivity contribution is -0.222. The molecule has 0 amide bonds. The van der Waals surface area contributed by atoms with Crippen LogP contribution in [0, 0.1) is 35.1 Å². The first kappa shape index (κ1) is 32.7. The molecule has 2 aliphatic rings. The molecule has 8 heteroatoms. The summed E-state index contributed by atoms with van der Waals surface area (Å²) >= 11 is 5.64. The Bertz CT molecular complexity index is 1400. The molecule has 2 aliphatic carbocycles. The molecule has 3 aromatic rings.